The zero-order valence-electron chi connectivity index (χ0n) is 21.6. The molecule has 3 aromatic heterocycles. The number of rotatable bonds is 8. The minimum absolute atomic E-state index is 0.0928. The van der Waals surface area contributed by atoms with E-state index in [9.17, 15) is 29.1 Å². The number of hydrogen-bond acceptors (Lipinski definition) is 11. The second kappa shape index (κ2) is 11.4. The Morgan fingerprint density at radius 1 is 1.19 bits per heavy atom. The van der Waals surface area contributed by atoms with Crippen LogP contribution < -0.4 is 16.3 Å². The van der Waals surface area contributed by atoms with E-state index in [1.807, 2.05) is 6.92 Å². The number of aromatic amines is 1. The first kappa shape index (κ1) is 28.2. The van der Waals surface area contributed by atoms with E-state index in [0.717, 1.165) is 9.57 Å². The van der Waals surface area contributed by atoms with Gasteiger partial charge in [0.15, 0.2) is 4.34 Å². The highest BCUT2D eigenvalue weighted by Crippen LogP contribution is 2.42. The van der Waals surface area contributed by atoms with Crippen molar-refractivity contribution in [2.45, 2.75) is 28.7 Å². The number of β-lactam (4-membered cyclic amide) rings is 1. The van der Waals surface area contributed by atoms with Gasteiger partial charge in [0.1, 0.15) is 28.2 Å². The normalized spacial score (nSPS) is 18.9. The molecule has 6 rings (SSSR count). The Hall–Kier alpha value is -3.93. The van der Waals surface area contributed by atoms with Gasteiger partial charge in [-0.3, -0.25) is 14.5 Å². The van der Waals surface area contributed by atoms with E-state index in [1.54, 1.807) is 41.8 Å². The van der Waals surface area contributed by atoms with Crippen LogP contribution in [-0.2, 0) is 14.4 Å². The van der Waals surface area contributed by atoms with Gasteiger partial charge in [-0.05, 0) is 36.1 Å². The number of para-hydroxylation sites is 2. The van der Waals surface area contributed by atoms with Crippen LogP contribution in [0.2, 0.25) is 0 Å². The first-order valence-corrected chi connectivity index (χ1v) is 16.1. The van der Waals surface area contributed by atoms with Gasteiger partial charge in [0.05, 0.1) is 11.0 Å². The summed E-state index contributed by atoms with van der Waals surface area (Å²) in [5, 5.41) is 25.2. The number of nitrogens with one attached hydrogen (secondary N) is 3. The zero-order chi connectivity index (χ0) is 29.5. The van der Waals surface area contributed by atoms with Crippen molar-refractivity contribution in [1.29, 1.82) is 0 Å². The number of nitrogens with zero attached hydrogens (tertiary/aromatic N) is 4. The summed E-state index contributed by atoms with van der Waals surface area (Å²) < 4.78 is 1.61. The topological polar surface area (TPSA) is 179 Å². The summed E-state index contributed by atoms with van der Waals surface area (Å²) in [5.41, 5.74) is 0.628. The molecule has 2 unspecified atom stereocenters. The number of imidazole rings is 1. The minimum Gasteiger partial charge on any atom is -0.477 e. The highest BCUT2D eigenvalue weighted by atomic mass is 32.2. The van der Waals surface area contributed by atoms with Crippen LogP contribution in [0.5, 0.6) is 0 Å². The van der Waals surface area contributed by atoms with Crippen LogP contribution in [-0.4, -0.2) is 76.5 Å². The van der Waals surface area contributed by atoms with E-state index >= 15 is 0 Å². The Morgan fingerprint density at radius 2 is 2.00 bits per heavy atom. The van der Waals surface area contributed by atoms with Crippen LogP contribution in [0.15, 0.2) is 62.2 Å². The van der Waals surface area contributed by atoms with Gasteiger partial charge in [-0.15, -0.1) is 33.3 Å². The van der Waals surface area contributed by atoms with Crippen LogP contribution in [0.4, 0.5) is 4.79 Å². The Kier molecular flexibility index (Phi) is 7.65. The molecule has 3 atom stereocenters. The molecule has 1 aromatic carbocycles. The second-order valence-corrected chi connectivity index (χ2v) is 13.7. The molecule has 2 aliphatic heterocycles. The molecule has 5 heterocycles. The Bertz CT molecular complexity index is 1810. The lowest BCUT2D eigenvalue weighted by molar-refractivity contribution is -0.150. The molecule has 216 valence electrons. The van der Waals surface area contributed by atoms with Gasteiger partial charge in [-0.25, -0.2) is 19.0 Å². The molecule has 0 bridgehead atoms. The molecule has 2 aliphatic rings. The van der Waals surface area contributed by atoms with E-state index < -0.39 is 47.0 Å². The number of benzene rings is 1. The van der Waals surface area contributed by atoms with Gasteiger partial charge in [0, 0.05) is 16.4 Å². The van der Waals surface area contributed by atoms with E-state index in [-0.39, 0.29) is 5.70 Å². The highest BCUT2D eigenvalue weighted by molar-refractivity contribution is 8.01. The summed E-state index contributed by atoms with van der Waals surface area (Å²) in [6.07, 6.45) is 0. The fourth-order valence-corrected chi connectivity index (χ4v) is 8.76. The van der Waals surface area contributed by atoms with Crippen molar-refractivity contribution in [2.24, 2.45) is 0 Å². The number of fused-ring (bicyclic) bond motifs is 2. The van der Waals surface area contributed by atoms with Gasteiger partial charge < -0.3 is 20.7 Å². The molecular formula is C25H21N7O6S4. The van der Waals surface area contributed by atoms with Gasteiger partial charge in [-0.2, -0.15) is 0 Å². The summed E-state index contributed by atoms with van der Waals surface area (Å²) in [4.78, 5) is 69.0. The number of H-pyrrole nitrogens is 1. The molecule has 3 amide bonds. The number of carbonyl (C=O) groups excluding carboxylic acids is 3. The lowest BCUT2D eigenvalue weighted by Crippen LogP contribution is -2.71. The van der Waals surface area contributed by atoms with Crippen molar-refractivity contribution in [3.8, 4) is 0 Å². The first-order valence-electron chi connectivity index (χ1n) is 12.4. The van der Waals surface area contributed by atoms with E-state index in [2.05, 4.69) is 25.8 Å². The molecule has 0 aliphatic carbocycles. The van der Waals surface area contributed by atoms with Crippen LogP contribution in [0.3, 0.4) is 0 Å². The summed E-state index contributed by atoms with van der Waals surface area (Å²) >= 11 is 5.33. The Balaban J connectivity index is 1.19. The quantitative estimate of drug-likeness (QED) is 0.165. The number of amides is 3. The van der Waals surface area contributed by atoms with Crippen molar-refractivity contribution in [1.82, 2.24) is 35.3 Å². The number of aromatic nitrogens is 4. The monoisotopic (exact) mass is 643 g/mol. The number of aryl methyl sites for hydroxylation is 1. The third-order valence-electron chi connectivity index (χ3n) is 6.58. The van der Waals surface area contributed by atoms with Crippen LogP contribution in [0.25, 0.3) is 11.0 Å². The van der Waals surface area contributed by atoms with Gasteiger partial charge in [0.2, 0.25) is 5.91 Å². The molecule has 13 nitrogen and oxygen atoms in total. The highest BCUT2D eigenvalue weighted by Gasteiger charge is 2.54. The molecule has 4 aromatic rings. The number of carboxylic acids is 1. The number of hydrogen-bond donors (Lipinski definition) is 4. The summed E-state index contributed by atoms with van der Waals surface area (Å²) in [6.45, 7) is 1.83. The first-order chi connectivity index (χ1) is 20.2. The van der Waals surface area contributed by atoms with Crippen molar-refractivity contribution in [3.05, 3.63) is 73.4 Å². The molecule has 0 saturated carbocycles. The molecule has 4 N–H and O–H groups in total. The SMILES string of the molecule is Cc1nnc(SCC2=C(C(=O)O)N3C(=O)C(NC(=O)C(NC(=O)n4c(=O)[nH]c5ccccc54)c4cccs4)[C@@H]3SC2)s1. The standard InChI is InChI=1S/C25H21N7O6S4/c1-11-29-30-25(42-11)41-10-12-9-40-21-17(20(34)32(21)18(12)22(35)36)27-19(33)16(15-7-4-8-39-15)28-24(38)31-14-6-3-2-5-13(14)26-23(31)37/h2-8,16-17,21H,9-10H2,1H3,(H,26,37)(H,27,33)(H,28,38)(H,35,36)/t16?,17?,21-/m0/s1. The fraction of sp³-hybridized carbons (Fsp3) is 0.240. The smallest absolute Gasteiger partial charge is 0.352 e. The maximum Gasteiger partial charge on any atom is 0.352 e. The van der Waals surface area contributed by atoms with Gasteiger partial charge in [0.25, 0.3) is 5.91 Å². The van der Waals surface area contributed by atoms with Crippen molar-refractivity contribution in [3.63, 3.8) is 0 Å². The Labute approximate surface area is 253 Å². The maximum absolute atomic E-state index is 13.5. The zero-order valence-corrected chi connectivity index (χ0v) is 24.9. The summed E-state index contributed by atoms with van der Waals surface area (Å²) in [7, 11) is 0. The predicted molar refractivity (Wildman–Crippen MR) is 159 cm³/mol. The van der Waals surface area contributed by atoms with Gasteiger partial charge in [-0.1, -0.05) is 41.3 Å². The molecular weight excluding hydrogens is 623 g/mol. The Morgan fingerprint density at radius 3 is 2.71 bits per heavy atom. The number of thiophene rings is 1. The number of aliphatic carboxylic acids is 1. The largest absolute Gasteiger partial charge is 0.477 e. The fourth-order valence-electron chi connectivity index (χ4n) is 4.68. The maximum atomic E-state index is 13.5. The average Bonchev–Trinajstić information content (AvgIpc) is 3.72. The second-order valence-electron chi connectivity index (χ2n) is 9.21. The van der Waals surface area contributed by atoms with Crippen LogP contribution in [0, 0.1) is 6.92 Å². The van der Waals surface area contributed by atoms with E-state index in [4.69, 9.17) is 0 Å². The third kappa shape index (κ3) is 5.12. The van der Waals surface area contributed by atoms with Gasteiger partial charge >= 0.3 is 17.7 Å². The summed E-state index contributed by atoms with van der Waals surface area (Å²) in [6, 6.07) is 7.01. The lowest BCUT2D eigenvalue weighted by atomic mass is 10.0. The molecule has 42 heavy (non-hydrogen) atoms. The molecule has 1 saturated heterocycles. The number of carboxylic acid groups (broad SMARTS) is 1. The van der Waals surface area contributed by atoms with Crippen LogP contribution in [0.1, 0.15) is 15.9 Å². The number of carbonyl (C=O) groups is 4. The summed E-state index contributed by atoms with van der Waals surface area (Å²) in [5.74, 6) is -1.77. The van der Waals surface area contributed by atoms with Crippen LogP contribution >= 0.6 is 46.2 Å². The molecule has 0 radical (unpaired) electrons. The molecule has 17 heteroatoms. The lowest BCUT2D eigenvalue weighted by Gasteiger charge is -2.49. The third-order valence-corrected chi connectivity index (χ3v) is 10.9. The van der Waals surface area contributed by atoms with Crippen molar-refractivity contribution >= 4 is 81.0 Å². The predicted octanol–water partition coefficient (Wildman–Crippen LogP) is 2.38. The molecule has 0 spiro atoms. The van der Waals surface area contributed by atoms with Crippen molar-refractivity contribution < 1.29 is 24.3 Å². The van der Waals surface area contributed by atoms with E-state index in [0.29, 0.717) is 37.3 Å². The minimum atomic E-state index is -1.23. The number of thioether (sulfide) groups is 2. The average molecular weight is 644 g/mol. The van der Waals surface area contributed by atoms with Crippen molar-refractivity contribution in [2.75, 3.05) is 11.5 Å². The molecule has 1 fully saturated rings. The van der Waals surface area contributed by atoms with E-state index in [1.165, 1.54) is 51.1 Å².